The summed E-state index contributed by atoms with van der Waals surface area (Å²) in [5.41, 5.74) is 2.33. The van der Waals surface area contributed by atoms with Crippen LogP contribution < -0.4 is 0 Å². The van der Waals surface area contributed by atoms with Gasteiger partial charge in [-0.25, -0.2) is 9.50 Å². The van der Waals surface area contributed by atoms with Crippen molar-refractivity contribution in [2.45, 2.75) is 6.42 Å². The molecule has 1 fully saturated rings. The summed E-state index contributed by atoms with van der Waals surface area (Å²) in [7, 11) is 0. The highest BCUT2D eigenvalue weighted by Gasteiger charge is 2.24. The van der Waals surface area contributed by atoms with Crippen molar-refractivity contribution in [1.29, 1.82) is 0 Å². The van der Waals surface area contributed by atoms with Crippen LogP contribution in [0.25, 0.3) is 5.65 Å². The van der Waals surface area contributed by atoms with Crippen molar-refractivity contribution in [1.82, 2.24) is 29.7 Å². The first-order valence-corrected chi connectivity index (χ1v) is 8.22. The van der Waals surface area contributed by atoms with Crippen LogP contribution in [0.1, 0.15) is 16.1 Å². The lowest BCUT2D eigenvalue weighted by Gasteiger charge is -2.23. The van der Waals surface area contributed by atoms with Crippen molar-refractivity contribution in [3.63, 3.8) is 0 Å². The van der Waals surface area contributed by atoms with Crippen molar-refractivity contribution in [3.8, 4) is 0 Å². The summed E-state index contributed by atoms with van der Waals surface area (Å²) >= 11 is 0. The molecule has 3 aromatic heterocycles. The molecule has 0 spiro atoms. The van der Waals surface area contributed by atoms with E-state index in [-0.39, 0.29) is 11.8 Å². The molecule has 25 heavy (non-hydrogen) atoms. The van der Waals surface area contributed by atoms with Crippen LogP contribution in [0.15, 0.2) is 43.0 Å². The number of hydrogen-bond acceptors (Lipinski definition) is 6. The molecule has 0 radical (unpaired) electrons. The van der Waals surface area contributed by atoms with E-state index >= 15 is 0 Å². The molecule has 1 aliphatic heterocycles. The van der Waals surface area contributed by atoms with Gasteiger partial charge in [0, 0.05) is 31.4 Å². The van der Waals surface area contributed by atoms with E-state index in [1.54, 1.807) is 16.8 Å². The minimum atomic E-state index is -0.0385. The molecule has 0 unspecified atom stereocenters. The van der Waals surface area contributed by atoms with E-state index in [9.17, 15) is 4.79 Å². The maximum Gasteiger partial charge on any atom is 0.255 e. The summed E-state index contributed by atoms with van der Waals surface area (Å²) in [6, 6.07) is 5.61. The molecule has 128 valence electrons. The van der Waals surface area contributed by atoms with Gasteiger partial charge in [-0.2, -0.15) is 15.3 Å². The van der Waals surface area contributed by atoms with Crippen LogP contribution in [0.3, 0.4) is 0 Å². The van der Waals surface area contributed by atoms with Gasteiger partial charge in [0.15, 0.2) is 5.65 Å². The van der Waals surface area contributed by atoms with Crippen LogP contribution in [0.5, 0.6) is 0 Å². The Morgan fingerprint density at radius 2 is 2.20 bits per heavy atom. The summed E-state index contributed by atoms with van der Waals surface area (Å²) in [5.74, 6) is 0.151. The van der Waals surface area contributed by atoms with E-state index in [0.29, 0.717) is 31.9 Å². The largest absolute Gasteiger partial charge is 0.379 e. The number of imidazole rings is 1. The molecule has 3 aromatic rings. The van der Waals surface area contributed by atoms with E-state index in [1.807, 2.05) is 23.2 Å². The number of ether oxygens (including phenoxy) is 1. The van der Waals surface area contributed by atoms with E-state index in [4.69, 9.17) is 4.74 Å². The number of rotatable bonds is 3. The fourth-order valence-corrected chi connectivity index (χ4v) is 3.05. The van der Waals surface area contributed by atoms with Crippen LogP contribution in [-0.4, -0.2) is 61.9 Å². The number of carbonyl (C=O) groups excluding carboxylic acids is 1. The third kappa shape index (κ3) is 3.48. The highest BCUT2D eigenvalue weighted by molar-refractivity contribution is 5.93. The number of fused-ring (bicyclic) bond motifs is 1. The standard InChI is InChI=1S/C17H18N6O2/c24-17(14-3-4-19-20-10-14)22-7-8-25-12-13(11-22)9-15-1-2-16-18-5-6-23(16)21-15/h1-6,10,13H,7-9,11-12H2/t13-/m1/s1. The van der Waals surface area contributed by atoms with Crippen molar-refractivity contribution in [3.05, 3.63) is 54.2 Å². The van der Waals surface area contributed by atoms with E-state index in [2.05, 4.69) is 20.3 Å². The van der Waals surface area contributed by atoms with Gasteiger partial charge in [0.2, 0.25) is 0 Å². The average molecular weight is 338 g/mol. The summed E-state index contributed by atoms with van der Waals surface area (Å²) in [6.45, 7) is 2.35. The molecule has 0 aliphatic carbocycles. The Bertz CT molecular complexity index is 866. The highest BCUT2D eigenvalue weighted by Crippen LogP contribution is 2.15. The first kappa shape index (κ1) is 15.6. The number of nitrogens with zero attached hydrogens (tertiary/aromatic N) is 6. The molecular formula is C17H18N6O2. The van der Waals surface area contributed by atoms with Crippen LogP contribution in [0, 0.1) is 5.92 Å². The molecule has 8 nitrogen and oxygen atoms in total. The summed E-state index contributed by atoms with van der Waals surface area (Å²) < 4.78 is 7.46. The first-order valence-electron chi connectivity index (χ1n) is 8.22. The zero-order valence-electron chi connectivity index (χ0n) is 13.7. The van der Waals surface area contributed by atoms with Crippen LogP contribution in [-0.2, 0) is 11.2 Å². The Morgan fingerprint density at radius 1 is 1.24 bits per heavy atom. The number of aromatic nitrogens is 5. The molecule has 4 rings (SSSR count). The molecule has 1 saturated heterocycles. The molecule has 1 atom stereocenters. The van der Waals surface area contributed by atoms with Crippen LogP contribution in [0.4, 0.5) is 0 Å². The minimum absolute atomic E-state index is 0.0385. The van der Waals surface area contributed by atoms with Gasteiger partial charge in [-0.05, 0) is 24.6 Å². The average Bonchev–Trinajstić information content (AvgIpc) is 2.99. The summed E-state index contributed by atoms with van der Waals surface area (Å²) in [4.78, 5) is 18.7. The second kappa shape index (κ2) is 6.94. The predicted octanol–water partition coefficient (Wildman–Crippen LogP) is 0.851. The van der Waals surface area contributed by atoms with Gasteiger partial charge in [0.05, 0.1) is 36.9 Å². The molecule has 0 aromatic carbocycles. The first-order chi connectivity index (χ1) is 12.3. The van der Waals surface area contributed by atoms with Crippen molar-refractivity contribution >= 4 is 11.6 Å². The van der Waals surface area contributed by atoms with Crippen molar-refractivity contribution in [2.24, 2.45) is 5.92 Å². The van der Waals surface area contributed by atoms with Crippen molar-refractivity contribution < 1.29 is 9.53 Å². The van der Waals surface area contributed by atoms with E-state index in [1.165, 1.54) is 12.4 Å². The monoisotopic (exact) mass is 338 g/mol. The second-order valence-corrected chi connectivity index (χ2v) is 6.08. The van der Waals surface area contributed by atoms with Gasteiger partial charge in [0.1, 0.15) is 0 Å². The van der Waals surface area contributed by atoms with Crippen LogP contribution >= 0.6 is 0 Å². The molecule has 1 aliphatic rings. The van der Waals surface area contributed by atoms with Gasteiger partial charge < -0.3 is 9.64 Å². The number of carbonyl (C=O) groups is 1. The lowest BCUT2D eigenvalue weighted by Crippen LogP contribution is -2.36. The lowest BCUT2D eigenvalue weighted by molar-refractivity contribution is 0.0736. The maximum absolute atomic E-state index is 12.7. The molecule has 4 heterocycles. The quantitative estimate of drug-likeness (QED) is 0.704. The Balaban J connectivity index is 1.48. The Morgan fingerprint density at radius 3 is 3.08 bits per heavy atom. The van der Waals surface area contributed by atoms with E-state index in [0.717, 1.165) is 17.8 Å². The molecular weight excluding hydrogens is 320 g/mol. The highest BCUT2D eigenvalue weighted by atomic mass is 16.5. The fraction of sp³-hybridized carbons (Fsp3) is 0.353. The smallest absolute Gasteiger partial charge is 0.255 e. The van der Waals surface area contributed by atoms with Gasteiger partial charge in [-0.1, -0.05) is 0 Å². The predicted molar refractivity (Wildman–Crippen MR) is 88.9 cm³/mol. The van der Waals surface area contributed by atoms with Crippen molar-refractivity contribution in [2.75, 3.05) is 26.3 Å². The van der Waals surface area contributed by atoms with E-state index < -0.39 is 0 Å². The SMILES string of the molecule is O=C(c1ccnnc1)N1CCOC[C@H](Cc2ccc3nccn3n2)C1. The molecule has 8 heteroatoms. The van der Waals surface area contributed by atoms with Crippen LogP contribution in [0.2, 0.25) is 0 Å². The number of amides is 1. The topological polar surface area (TPSA) is 85.5 Å². The van der Waals surface area contributed by atoms with Gasteiger partial charge in [0.25, 0.3) is 5.91 Å². The van der Waals surface area contributed by atoms with Gasteiger partial charge in [-0.15, -0.1) is 0 Å². The summed E-state index contributed by atoms with van der Waals surface area (Å²) in [6.07, 6.45) is 7.33. The third-order valence-corrected chi connectivity index (χ3v) is 4.26. The Hall–Kier alpha value is -2.87. The third-order valence-electron chi connectivity index (χ3n) is 4.26. The lowest BCUT2D eigenvalue weighted by atomic mass is 10.0. The second-order valence-electron chi connectivity index (χ2n) is 6.08. The molecule has 0 N–H and O–H groups in total. The summed E-state index contributed by atoms with van der Waals surface area (Å²) in [5, 5.41) is 12.1. The molecule has 0 saturated carbocycles. The van der Waals surface area contributed by atoms with Gasteiger partial charge in [-0.3, -0.25) is 4.79 Å². The zero-order chi connectivity index (χ0) is 17.1. The number of hydrogen-bond donors (Lipinski definition) is 0. The Kier molecular flexibility index (Phi) is 4.34. The molecule has 0 bridgehead atoms. The normalized spacial score (nSPS) is 18.2. The fourth-order valence-electron chi connectivity index (χ4n) is 3.05. The zero-order valence-corrected chi connectivity index (χ0v) is 13.7. The molecule has 1 amide bonds. The maximum atomic E-state index is 12.7. The minimum Gasteiger partial charge on any atom is -0.379 e. The van der Waals surface area contributed by atoms with Gasteiger partial charge >= 0.3 is 0 Å². The Labute approximate surface area is 144 Å².